The predicted octanol–water partition coefficient (Wildman–Crippen LogP) is 0.727. The number of nitrogens with zero attached hydrogens (tertiary/aromatic N) is 3. The van der Waals surface area contributed by atoms with Crippen LogP contribution in [0.1, 0.15) is 30.8 Å². The van der Waals surface area contributed by atoms with E-state index in [1.165, 1.54) is 0 Å². The van der Waals surface area contributed by atoms with Gasteiger partial charge in [-0.3, -0.25) is 4.79 Å². The quantitative estimate of drug-likeness (QED) is 0.748. The van der Waals surface area contributed by atoms with Gasteiger partial charge in [-0.1, -0.05) is 12.2 Å². The van der Waals surface area contributed by atoms with Crippen LogP contribution in [0.25, 0.3) is 0 Å². The summed E-state index contributed by atoms with van der Waals surface area (Å²) in [7, 11) is 1.56. The van der Waals surface area contributed by atoms with Crippen LogP contribution in [0.5, 0.6) is 0 Å². The Kier molecular flexibility index (Phi) is 5.62. The van der Waals surface area contributed by atoms with Crippen molar-refractivity contribution >= 4 is 28.9 Å². The highest BCUT2D eigenvalue weighted by Crippen LogP contribution is 2.13. The number of nitrogens with two attached hydrogens (primary N) is 1. The molecule has 0 aromatic carbocycles. The molecule has 1 heterocycles. The van der Waals surface area contributed by atoms with Crippen LogP contribution in [0.15, 0.2) is 12.1 Å². The largest absolute Gasteiger partial charge is 0.393 e. The Morgan fingerprint density at radius 3 is 2.58 bits per heavy atom. The Hall–Kier alpha value is -1.76. The Morgan fingerprint density at radius 2 is 2.16 bits per heavy atom. The molecule has 0 aliphatic rings. The van der Waals surface area contributed by atoms with Gasteiger partial charge in [0.2, 0.25) is 0 Å². The van der Waals surface area contributed by atoms with E-state index in [4.69, 9.17) is 18.0 Å². The van der Waals surface area contributed by atoms with Gasteiger partial charge in [0.05, 0.1) is 4.99 Å². The Morgan fingerprint density at radius 1 is 1.47 bits per heavy atom. The third-order valence-corrected chi connectivity index (χ3v) is 2.83. The lowest BCUT2D eigenvalue weighted by molar-refractivity contribution is 0.0957. The van der Waals surface area contributed by atoms with E-state index in [-0.39, 0.29) is 11.9 Å². The summed E-state index contributed by atoms with van der Waals surface area (Å²) in [5.41, 5.74) is 5.81. The molecule has 1 amide bonds. The van der Waals surface area contributed by atoms with Crippen LogP contribution in [-0.2, 0) is 0 Å². The summed E-state index contributed by atoms with van der Waals surface area (Å²) >= 11 is 4.88. The second-order valence-electron chi connectivity index (χ2n) is 4.36. The van der Waals surface area contributed by atoms with Crippen LogP contribution in [-0.4, -0.2) is 40.7 Å². The van der Waals surface area contributed by atoms with Crippen molar-refractivity contribution in [3.05, 3.63) is 17.8 Å². The van der Waals surface area contributed by atoms with Crippen LogP contribution in [0.4, 0.5) is 5.82 Å². The molecule has 0 fully saturated rings. The second kappa shape index (κ2) is 6.98. The van der Waals surface area contributed by atoms with E-state index >= 15 is 0 Å². The average molecular weight is 281 g/mol. The molecule has 0 aliphatic heterocycles. The van der Waals surface area contributed by atoms with Gasteiger partial charge in [0.25, 0.3) is 5.91 Å². The molecule has 0 saturated heterocycles. The zero-order valence-corrected chi connectivity index (χ0v) is 12.2. The lowest BCUT2D eigenvalue weighted by atomic mass is 10.2. The normalized spacial score (nSPS) is 10.3. The molecule has 1 aromatic heterocycles. The minimum absolute atomic E-state index is 0.245. The maximum atomic E-state index is 11.4. The van der Waals surface area contributed by atoms with Crippen LogP contribution in [0.2, 0.25) is 0 Å². The standard InChI is InChI=1S/C12H19N5OS/c1-8(2)17(7-6-10(13)19)11-5-4-9(15-16-11)12(18)14-3/h4-5,8H,6-7H2,1-3H3,(H2,13,19)(H,14,18). The van der Waals surface area contributed by atoms with Crippen LogP contribution in [0.3, 0.4) is 0 Å². The first-order chi connectivity index (χ1) is 8.95. The monoisotopic (exact) mass is 281 g/mol. The summed E-state index contributed by atoms with van der Waals surface area (Å²) in [5, 5.41) is 10.5. The molecule has 104 valence electrons. The molecule has 0 bridgehead atoms. The van der Waals surface area contributed by atoms with Gasteiger partial charge in [-0.25, -0.2) is 0 Å². The third-order valence-electron chi connectivity index (χ3n) is 2.63. The van der Waals surface area contributed by atoms with Gasteiger partial charge < -0.3 is 16.0 Å². The number of rotatable bonds is 6. The van der Waals surface area contributed by atoms with Crippen molar-refractivity contribution in [1.82, 2.24) is 15.5 Å². The maximum absolute atomic E-state index is 11.4. The number of hydrogen-bond acceptors (Lipinski definition) is 5. The maximum Gasteiger partial charge on any atom is 0.271 e. The molecule has 6 nitrogen and oxygen atoms in total. The molecule has 7 heteroatoms. The third kappa shape index (κ3) is 4.44. The number of aromatic nitrogens is 2. The van der Waals surface area contributed by atoms with E-state index in [0.717, 1.165) is 0 Å². The topological polar surface area (TPSA) is 84.1 Å². The number of thiocarbonyl (C=S) groups is 1. The fraction of sp³-hybridized carbons (Fsp3) is 0.500. The number of carbonyl (C=O) groups is 1. The number of nitrogens with one attached hydrogen (secondary N) is 1. The van der Waals surface area contributed by atoms with Gasteiger partial charge in [-0.2, -0.15) is 0 Å². The highest BCUT2D eigenvalue weighted by atomic mass is 32.1. The highest BCUT2D eigenvalue weighted by molar-refractivity contribution is 7.80. The van der Waals surface area contributed by atoms with Crippen LogP contribution in [0, 0.1) is 0 Å². The van der Waals surface area contributed by atoms with Crippen molar-refractivity contribution in [3.8, 4) is 0 Å². The van der Waals surface area contributed by atoms with E-state index in [0.29, 0.717) is 29.5 Å². The van der Waals surface area contributed by atoms with Crippen molar-refractivity contribution in [1.29, 1.82) is 0 Å². The molecule has 3 N–H and O–H groups in total. The summed E-state index contributed by atoms with van der Waals surface area (Å²) in [5.74, 6) is 0.456. The lowest BCUT2D eigenvalue weighted by Crippen LogP contribution is -2.34. The van der Waals surface area contributed by atoms with Gasteiger partial charge in [0, 0.05) is 26.1 Å². The smallest absolute Gasteiger partial charge is 0.271 e. The number of carbonyl (C=O) groups excluding carboxylic acids is 1. The highest BCUT2D eigenvalue weighted by Gasteiger charge is 2.14. The minimum atomic E-state index is -0.252. The number of hydrogen-bond donors (Lipinski definition) is 2. The first-order valence-corrected chi connectivity index (χ1v) is 6.47. The molecule has 0 unspecified atom stereocenters. The van der Waals surface area contributed by atoms with Crippen molar-refractivity contribution in [2.75, 3.05) is 18.5 Å². The van der Waals surface area contributed by atoms with Gasteiger partial charge in [-0.05, 0) is 26.0 Å². The molecule has 0 atom stereocenters. The molecule has 1 aromatic rings. The zero-order chi connectivity index (χ0) is 14.4. The number of amides is 1. The summed E-state index contributed by atoms with van der Waals surface area (Å²) in [6, 6.07) is 3.67. The van der Waals surface area contributed by atoms with Crippen molar-refractivity contribution in [2.24, 2.45) is 5.73 Å². The van der Waals surface area contributed by atoms with Crippen molar-refractivity contribution in [3.63, 3.8) is 0 Å². The first-order valence-electron chi connectivity index (χ1n) is 6.06. The molecule has 1 rings (SSSR count). The van der Waals surface area contributed by atoms with Gasteiger partial charge in [-0.15, -0.1) is 10.2 Å². The molecule has 0 spiro atoms. The minimum Gasteiger partial charge on any atom is -0.393 e. The summed E-state index contributed by atoms with van der Waals surface area (Å²) in [6.45, 7) is 4.78. The molecular weight excluding hydrogens is 262 g/mol. The van der Waals surface area contributed by atoms with Gasteiger partial charge in [0.1, 0.15) is 0 Å². The molecule has 19 heavy (non-hydrogen) atoms. The first kappa shape index (κ1) is 15.3. The SMILES string of the molecule is CNC(=O)c1ccc(N(CCC(N)=S)C(C)C)nn1. The average Bonchev–Trinajstić information content (AvgIpc) is 2.38. The van der Waals surface area contributed by atoms with Gasteiger partial charge >= 0.3 is 0 Å². The Bertz CT molecular complexity index is 446. The molecule has 0 saturated carbocycles. The van der Waals surface area contributed by atoms with Gasteiger partial charge in [0.15, 0.2) is 11.5 Å². The summed E-state index contributed by atoms with van der Waals surface area (Å²) in [4.78, 5) is 13.9. The predicted molar refractivity (Wildman–Crippen MR) is 79.3 cm³/mol. The zero-order valence-electron chi connectivity index (χ0n) is 11.4. The summed E-state index contributed by atoms with van der Waals surface area (Å²) < 4.78 is 0. The van der Waals surface area contributed by atoms with E-state index in [1.807, 2.05) is 18.7 Å². The Labute approximate surface area is 118 Å². The van der Waals surface area contributed by atoms with E-state index in [2.05, 4.69) is 15.5 Å². The molecule has 0 aliphatic carbocycles. The fourth-order valence-corrected chi connectivity index (χ4v) is 1.69. The van der Waals surface area contributed by atoms with Crippen LogP contribution >= 0.6 is 12.2 Å². The second-order valence-corrected chi connectivity index (χ2v) is 4.88. The summed E-state index contributed by atoms with van der Waals surface area (Å²) in [6.07, 6.45) is 0.617. The van der Waals surface area contributed by atoms with Crippen molar-refractivity contribution < 1.29 is 4.79 Å². The number of anilines is 1. The van der Waals surface area contributed by atoms with Crippen molar-refractivity contribution in [2.45, 2.75) is 26.3 Å². The van der Waals surface area contributed by atoms with Crippen LogP contribution < -0.4 is 16.0 Å². The Balaban J connectivity index is 2.85. The lowest BCUT2D eigenvalue weighted by Gasteiger charge is -2.27. The van der Waals surface area contributed by atoms with E-state index in [1.54, 1.807) is 19.2 Å². The molecular formula is C12H19N5OS. The molecule has 0 radical (unpaired) electrons. The fourth-order valence-electron chi connectivity index (χ4n) is 1.60. The van der Waals surface area contributed by atoms with E-state index < -0.39 is 0 Å². The van der Waals surface area contributed by atoms with E-state index in [9.17, 15) is 4.79 Å².